The number of rotatable bonds is 18. The molecule has 0 aliphatic heterocycles. The molecule has 0 aliphatic rings. The van der Waals surface area contributed by atoms with Crippen LogP contribution >= 0.6 is 46.2 Å². The quantitative estimate of drug-likeness (QED) is 0.0530. The van der Waals surface area contributed by atoms with Crippen molar-refractivity contribution in [3.63, 3.8) is 0 Å². The zero-order chi connectivity index (χ0) is 92.0. The van der Waals surface area contributed by atoms with Crippen molar-refractivity contribution in [3.05, 3.63) is 263 Å². The van der Waals surface area contributed by atoms with Gasteiger partial charge in [0.25, 0.3) is 32.3 Å². The number of halogens is 16. The Morgan fingerprint density at radius 1 is 0.396 bits per heavy atom. The molecule has 698 valence electrons. The number of aromatic nitrogens is 21. The van der Waals surface area contributed by atoms with Crippen LogP contribution in [0.4, 0.5) is 87.2 Å². The van der Waals surface area contributed by atoms with E-state index in [1.807, 2.05) is 0 Å². The summed E-state index contributed by atoms with van der Waals surface area (Å²) in [6.45, 7) is 0.449. The number of alkyl halides is 9. The molecule has 0 aliphatic carbocycles. The number of nitrogen functional groups attached to an aromatic ring is 3. The first kappa shape index (κ1) is 103. The van der Waals surface area contributed by atoms with E-state index in [1.54, 1.807) is 20.8 Å². The van der Waals surface area contributed by atoms with Gasteiger partial charge in [0.1, 0.15) is 105 Å². The molecule has 30 nitrogen and oxygen atoms in total. The van der Waals surface area contributed by atoms with Gasteiger partial charge in [-0.1, -0.05) is 77.8 Å². The molecule has 134 heavy (non-hydrogen) atoms. The van der Waals surface area contributed by atoms with E-state index in [0.29, 0.717) is 14.6 Å². The Hall–Kier alpha value is -13.3. The van der Waals surface area contributed by atoms with E-state index in [9.17, 15) is 84.1 Å². The second-order valence-corrected chi connectivity index (χ2v) is 30.7. The van der Waals surface area contributed by atoms with E-state index in [-0.39, 0.29) is 227 Å². The summed E-state index contributed by atoms with van der Waals surface area (Å²) in [5.74, 6) is -3.71. The summed E-state index contributed by atoms with van der Waals surface area (Å²) in [5.41, 5.74) is 19.4. The average Bonchev–Trinajstić information content (AvgIpc) is 1.53. The number of anilines is 3. The summed E-state index contributed by atoms with van der Waals surface area (Å²) in [6, 6.07) is 20.9. The molecule has 0 saturated heterocycles. The Bertz CT molecular complexity index is 6850. The van der Waals surface area contributed by atoms with E-state index in [1.165, 1.54) is 131 Å². The molecule has 0 saturated carbocycles. The topological polar surface area (TPSA) is 378 Å². The van der Waals surface area contributed by atoms with Crippen LogP contribution in [0.1, 0.15) is 63.4 Å². The minimum Gasteiger partial charge on any atom is -0.460 e. The Kier molecular flexibility index (Phi) is 32.1. The predicted octanol–water partition coefficient (Wildman–Crippen LogP) is 17.9. The first-order valence-electron chi connectivity index (χ1n) is 36.9. The van der Waals surface area contributed by atoms with Gasteiger partial charge < -0.3 is 46.3 Å². The monoisotopic (exact) mass is 2280 g/mol. The fourth-order valence-corrected chi connectivity index (χ4v) is 15.7. The smallest absolute Gasteiger partial charge is 0.422 e. The third-order valence-corrected chi connectivity index (χ3v) is 21.6. The van der Waals surface area contributed by atoms with Crippen LogP contribution in [0, 0.1) is 49.8 Å². The number of pyridine rings is 3. The normalized spacial score (nSPS) is 12.1. The van der Waals surface area contributed by atoms with Crippen LogP contribution in [0.3, 0.4) is 0 Å². The first-order valence-corrected chi connectivity index (χ1v) is 40.5. The van der Waals surface area contributed by atoms with Gasteiger partial charge in [-0.3, -0.25) is 27.6 Å². The number of hydrogen-bond acceptors (Lipinski definition) is 28. The molecular weight excluding hydrogens is 2220 g/mol. The Labute approximate surface area is 788 Å². The molecule has 52 heteroatoms. The summed E-state index contributed by atoms with van der Waals surface area (Å²) in [5, 5.41) is 14.0. The number of ether oxygens (including phenoxy) is 3. The van der Waals surface area contributed by atoms with Gasteiger partial charge in [-0.15, -0.1) is 0 Å². The summed E-state index contributed by atoms with van der Waals surface area (Å²) in [7, 11) is 0. The van der Waals surface area contributed by atoms with Crippen molar-refractivity contribution < 1.29 is 126 Å². The number of fused-ring (bicyclic) bond motifs is 6. The van der Waals surface area contributed by atoms with Gasteiger partial charge in [0.2, 0.25) is 0 Å². The third kappa shape index (κ3) is 21.8. The number of thiazole rings is 3. The van der Waals surface area contributed by atoms with E-state index in [2.05, 4.69) is 75.1 Å². The third-order valence-electron chi connectivity index (χ3n) is 18.9. The van der Waals surface area contributed by atoms with Crippen molar-refractivity contribution in [2.45, 2.75) is 64.9 Å². The van der Waals surface area contributed by atoms with E-state index in [0.717, 1.165) is 102 Å². The zero-order valence-corrected chi connectivity index (χ0v) is 77.6. The molecule has 3 aromatic carbocycles. The second-order valence-electron chi connectivity index (χ2n) is 27.4. The minimum atomic E-state index is -4.55. The minimum absolute atomic E-state index is 0. The number of nitrogens with zero attached hydrogens (tertiary/aromatic N) is 21. The summed E-state index contributed by atoms with van der Waals surface area (Å²) >= 11 is 2.69. The van der Waals surface area contributed by atoms with Crippen LogP contribution < -0.4 is 48.1 Å². The van der Waals surface area contributed by atoms with Crippen LogP contribution in [0.15, 0.2) is 180 Å². The molecule has 6 N–H and O–H groups in total. The maximum Gasteiger partial charge on any atom is 0.422 e. The van der Waals surface area contributed by atoms with Gasteiger partial charge in [-0.05, 0) is 110 Å². The van der Waals surface area contributed by atoms with Gasteiger partial charge in [0.15, 0.2) is 36.8 Å². The van der Waals surface area contributed by atoms with Crippen molar-refractivity contribution in [2.75, 3.05) is 43.3 Å². The first-order chi connectivity index (χ1) is 61.4. The van der Waals surface area contributed by atoms with Crippen LogP contribution in [-0.4, -0.2) is 147 Å². The zero-order valence-electron chi connectivity index (χ0n) is 68.5. The maximum atomic E-state index is 14.3. The van der Waals surface area contributed by atoms with E-state index < -0.39 is 108 Å². The standard InChI is InChI=1S/3C26H17F5N8O2S.CH3FS.CH4.2CH3.2W/c3*1-12(20-18(13-3-2-4-14(27)7-13)24(40)38-9-15(28)5-6-17(38)36-20)39-23-19(22(32)34-11-35-23)21(37-39)16-8-33-25(42-16)41-10-26(29,30)31;1-3-2;;;;;/h3*2-9,11-12H,10H2,1H3,(H2,32,34,35);1H3;1H4;2*1H3;;/q;;;;;2*-1;;/t2*12-;;;;;;;/m10......./s1. The van der Waals surface area contributed by atoms with Gasteiger partial charge in [0, 0.05) is 79.1 Å². The molecule has 1 unspecified atom stereocenters. The summed E-state index contributed by atoms with van der Waals surface area (Å²) < 4.78 is 231. The van der Waals surface area contributed by atoms with Crippen LogP contribution in [0.2, 0.25) is 0 Å². The second kappa shape index (κ2) is 41.9. The Balaban J connectivity index is 0.000000201. The van der Waals surface area contributed by atoms with Gasteiger partial charge in [-0.2, -0.15) is 58.7 Å². The molecule has 18 aromatic rings. The fourth-order valence-electron chi connectivity index (χ4n) is 13.4. The molecule has 0 bridgehead atoms. The van der Waals surface area contributed by atoms with Crippen molar-refractivity contribution in [2.24, 2.45) is 0 Å². The van der Waals surface area contributed by atoms with Crippen molar-refractivity contribution >= 4 is 114 Å². The molecule has 0 fully saturated rings. The van der Waals surface area contributed by atoms with Gasteiger partial charge in [-0.25, -0.2) is 100 Å². The molecule has 15 heterocycles. The van der Waals surface area contributed by atoms with E-state index >= 15 is 0 Å². The molecular formula is C82H64F16N24O6S4W2-2. The molecule has 3 atom stereocenters. The van der Waals surface area contributed by atoms with Crippen LogP contribution in [-0.2, 0) is 42.1 Å². The molecule has 0 radical (unpaired) electrons. The largest absolute Gasteiger partial charge is 0.460 e. The SMILES string of the molecule is C.CC(c1nc2ccc(F)cn2c(=O)c1-c1cccc(F)c1)n1nc(-c2cnc(OCC(F)(F)F)s2)c2c(N)ncnc21.CSF.C[C@@H](c1nc2ccc(F)cn2c(=O)c1-c1cccc(F)c1)n1nc(-c2cnc(OCC(F)(F)F)s2)c2c(N)ncnc21.C[C@H](c1nc2ccc(F)cn2c(=O)c1-c1cccc(F)c1)n1nc(-c2cnc(OCC(F)(F)F)s2)c2c(N)ncnc21.[CH3-].[CH3-].[W].[W]. The molecule has 15 aromatic heterocycles. The number of nitrogens with two attached hydrogens (primary N) is 3. The maximum absolute atomic E-state index is 14.3. The molecule has 0 spiro atoms. The van der Waals surface area contributed by atoms with Gasteiger partial charge >= 0.3 is 18.5 Å². The number of hydrogen-bond donors (Lipinski definition) is 3. The van der Waals surface area contributed by atoms with Crippen molar-refractivity contribution in [1.29, 1.82) is 0 Å². The fraction of sp³-hybridized carbons (Fsp3) is 0.171. The number of benzene rings is 3. The predicted molar refractivity (Wildman–Crippen MR) is 463 cm³/mol. The van der Waals surface area contributed by atoms with E-state index in [4.69, 9.17) is 31.4 Å². The van der Waals surface area contributed by atoms with Crippen molar-refractivity contribution in [3.8, 4) is 80.7 Å². The summed E-state index contributed by atoms with van der Waals surface area (Å²) in [4.78, 5) is 92.6. The summed E-state index contributed by atoms with van der Waals surface area (Å²) in [6.07, 6.45) is -1.85. The van der Waals surface area contributed by atoms with Crippen molar-refractivity contribution in [1.82, 2.24) is 102 Å². The van der Waals surface area contributed by atoms with Crippen LogP contribution in [0.5, 0.6) is 15.6 Å². The molecule has 0 amide bonds. The average molecular weight is 2280 g/mol. The van der Waals surface area contributed by atoms with Gasteiger partial charge in [0.05, 0.1) is 101 Å². The van der Waals surface area contributed by atoms with Crippen LogP contribution in [0.25, 0.3) is 115 Å². The molecule has 18 rings (SSSR count). The Morgan fingerprint density at radius 2 is 0.649 bits per heavy atom. The Morgan fingerprint density at radius 3 is 0.888 bits per heavy atom.